The standard InChI is InChI=1S/C32H28N4O3/c1-4-22-6-13-27(14-7-22)34-32(39)28-20-23(5-2)8-15-29(28)35-31(38)26-11-9-25(10-12-26)30(33)36-18-16-24(17-19-36)21(3)37/h1-2,6-15,20,24,33H,16-19H2,3H3,(H,34,39)(H,35,38). The number of likely N-dealkylation sites (tertiary alicyclic amines) is 1. The number of amidine groups is 1. The molecular formula is C32H28N4O3. The van der Waals surface area contributed by atoms with Crippen LogP contribution in [-0.4, -0.2) is 41.4 Å². The van der Waals surface area contributed by atoms with Crippen LogP contribution in [-0.2, 0) is 4.79 Å². The SMILES string of the molecule is C#Cc1ccc(NC(=O)c2cc(C#C)ccc2NC(=O)c2ccc(C(=N)N3CCC(C(C)=O)CC3)cc2)cc1. The van der Waals surface area contributed by atoms with Crippen molar-refractivity contribution in [3.8, 4) is 24.7 Å². The molecule has 1 aliphatic rings. The lowest BCUT2D eigenvalue weighted by Crippen LogP contribution is -2.39. The summed E-state index contributed by atoms with van der Waals surface area (Å²) in [4.78, 5) is 39.7. The molecule has 3 aromatic rings. The van der Waals surface area contributed by atoms with Gasteiger partial charge in [-0.05, 0) is 74.4 Å². The lowest BCUT2D eigenvalue weighted by atomic mass is 9.93. The third-order valence-electron chi connectivity index (χ3n) is 6.80. The van der Waals surface area contributed by atoms with Crippen LogP contribution < -0.4 is 10.6 Å². The highest BCUT2D eigenvalue weighted by atomic mass is 16.2. The van der Waals surface area contributed by atoms with Gasteiger partial charge in [0.2, 0.25) is 0 Å². The summed E-state index contributed by atoms with van der Waals surface area (Å²) < 4.78 is 0. The number of nitrogens with zero attached hydrogens (tertiary/aromatic N) is 1. The molecule has 0 radical (unpaired) electrons. The first kappa shape index (κ1) is 26.9. The highest BCUT2D eigenvalue weighted by molar-refractivity contribution is 6.13. The molecule has 3 aromatic carbocycles. The second-order valence-corrected chi connectivity index (χ2v) is 9.33. The van der Waals surface area contributed by atoms with Crippen LogP contribution in [0.4, 0.5) is 11.4 Å². The third-order valence-corrected chi connectivity index (χ3v) is 6.80. The average Bonchev–Trinajstić information content (AvgIpc) is 2.97. The zero-order valence-electron chi connectivity index (χ0n) is 21.6. The van der Waals surface area contributed by atoms with Gasteiger partial charge in [-0.1, -0.05) is 24.0 Å². The van der Waals surface area contributed by atoms with E-state index in [0.29, 0.717) is 52.6 Å². The number of hydrogen-bond donors (Lipinski definition) is 3. The minimum atomic E-state index is -0.437. The summed E-state index contributed by atoms with van der Waals surface area (Å²) in [6, 6.07) is 18.3. The Labute approximate surface area is 228 Å². The Morgan fingerprint density at radius 1 is 0.821 bits per heavy atom. The van der Waals surface area contributed by atoms with Crippen LogP contribution in [0.3, 0.4) is 0 Å². The van der Waals surface area contributed by atoms with Crippen molar-refractivity contribution in [2.45, 2.75) is 19.8 Å². The van der Waals surface area contributed by atoms with Crippen LogP contribution in [0.1, 0.15) is 57.2 Å². The van der Waals surface area contributed by atoms with Gasteiger partial charge in [0.15, 0.2) is 0 Å². The van der Waals surface area contributed by atoms with Crippen molar-refractivity contribution in [3.63, 3.8) is 0 Å². The van der Waals surface area contributed by atoms with Crippen LogP contribution in [0, 0.1) is 36.0 Å². The first-order valence-electron chi connectivity index (χ1n) is 12.5. The summed E-state index contributed by atoms with van der Waals surface area (Å²) in [6.45, 7) is 2.92. The lowest BCUT2D eigenvalue weighted by Gasteiger charge is -2.32. The Balaban J connectivity index is 1.46. The molecule has 0 bridgehead atoms. The zero-order chi connectivity index (χ0) is 27.9. The number of terminal acetylenes is 2. The molecule has 0 aromatic heterocycles. The first-order valence-corrected chi connectivity index (χ1v) is 12.5. The van der Waals surface area contributed by atoms with E-state index in [-0.39, 0.29) is 17.3 Å². The summed E-state index contributed by atoms with van der Waals surface area (Å²) >= 11 is 0. The quantitative estimate of drug-likeness (QED) is 0.249. The maximum Gasteiger partial charge on any atom is 0.257 e. The predicted octanol–water partition coefficient (Wildman–Crippen LogP) is 4.78. The molecule has 0 saturated carbocycles. The number of carbonyl (C=O) groups is 3. The van der Waals surface area contributed by atoms with Gasteiger partial charge in [0.1, 0.15) is 11.6 Å². The molecule has 194 valence electrons. The predicted molar refractivity (Wildman–Crippen MR) is 153 cm³/mol. The molecule has 0 atom stereocenters. The Kier molecular flexibility index (Phi) is 8.24. The van der Waals surface area contributed by atoms with Crippen molar-refractivity contribution in [3.05, 3.63) is 94.5 Å². The molecule has 1 fully saturated rings. The van der Waals surface area contributed by atoms with E-state index in [2.05, 4.69) is 22.5 Å². The summed E-state index contributed by atoms with van der Waals surface area (Å²) in [7, 11) is 0. The molecule has 1 aliphatic heterocycles. The van der Waals surface area contributed by atoms with Gasteiger partial charge in [-0.2, -0.15) is 0 Å². The average molecular weight is 517 g/mol. The largest absolute Gasteiger partial charge is 0.357 e. The number of piperidine rings is 1. The molecule has 2 amide bonds. The van der Waals surface area contributed by atoms with Gasteiger partial charge in [-0.15, -0.1) is 12.8 Å². The first-order chi connectivity index (χ1) is 18.8. The fourth-order valence-electron chi connectivity index (χ4n) is 4.45. The van der Waals surface area contributed by atoms with E-state index < -0.39 is 11.8 Å². The number of ketones is 1. The number of Topliss-reactive ketones (excluding diaryl/α,β-unsaturated/α-hetero) is 1. The van der Waals surface area contributed by atoms with E-state index in [1.807, 2.05) is 4.90 Å². The number of nitrogens with one attached hydrogen (secondary N) is 3. The number of anilines is 2. The number of carbonyl (C=O) groups excluding carboxylic acids is 3. The summed E-state index contributed by atoms with van der Waals surface area (Å²) in [5.74, 6) is 4.82. The molecular weight excluding hydrogens is 488 g/mol. The fourth-order valence-corrected chi connectivity index (χ4v) is 4.45. The molecule has 3 N–H and O–H groups in total. The Morgan fingerprint density at radius 3 is 2.00 bits per heavy atom. The Morgan fingerprint density at radius 2 is 1.41 bits per heavy atom. The van der Waals surface area contributed by atoms with E-state index in [1.54, 1.807) is 73.7 Å². The van der Waals surface area contributed by atoms with E-state index in [4.69, 9.17) is 18.3 Å². The van der Waals surface area contributed by atoms with Gasteiger partial charge in [-0.3, -0.25) is 19.8 Å². The van der Waals surface area contributed by atoms with Gasteiger partial charge < -0.3 is 15.5 Å². The number of hydrogen-bond acceptors (Lipinski definition) is 4. The summed E-state index contributed by atoms with van der Waals surface area (Å²) in [5, 5.41) is 14.2. The molecule has 0 spiro atoms. The topological polar surface area (TPSA) is 102 Å². The van der Waals surface area contributed by atoms with Crippen LogP contribution in [0.25, 0.3) is 0 Å². The second kappa shape index (κ2) is 11.9. The molecule has 39 heavy (non-hydrogen) atoms. The van der Waals surface area contributed by atoms with Crippen LogP contribution in [0.5, 0.6) is 0 Å². The molecule has 4 rings (SSSR count). The van der Waals surface area contributed by atoms with Gasteiger partial charge in [0.05, 0.1) is 11.3 Å². The normalized spacial score (nSPS) is 13.1. The molecule has 7 heteroatoms. The minimum absolute atomic E-state index is 0.0656. The third kappa shape index (κ3) is 6.41. The number of rotatable bonds is 6. The zero-order valence-corrected chi connectivity index (χ0v) is 21.6. The summed E-state index contributed by atoms with van der Waals surface area (Å²) in [5.41, 5.74) is 3.31. The van der Waals surface area contributed by atoms with E-state index in [0.717, 1.165) is 12.8 Å². The molecule has 1 saturated heterocycles. The Bertz CT molecular complexity index is 1500. The van der Waals surface area contributed by atoms with Gasteiger partial charge >= 0.3 is 0 Å². The van der Waals surface area contributed by atoms with Crippen molar-refractivity contribution < 1.29 is 14.4 Å². The van der Waals surface area contributed by atoms with Gasteiger partial charge in [0, 0.05) is 46.9 Å². The van der Waals surface area contributed by atoms with Crippen LogP contribution in [0.15, 0.2) is 66.7 Å². The minimum Gasteiger partial charge on any atom is -0.357 e. The van der Waals surface area contributed by atoms with Crippen LogP contribution in [0.2, 0.25) is 0 Å². The Hall–Kier alpha value is -5.14. The highest BCUT2D eigenvalue weighted by Crippen LogP contribution is 2.22. The molecule has 7 nitrogen and oxygen atoms in total. The monoisotopic (exact) mass is 516 g/mol. The lowest BCUT2D eigenvalue weighted by molar-refractivity contribution is -0.121. The van der Waals surface area contributed by atoms with Crippen molar-refractivity contribution in [1.29, 1.82) is 5.41 Å². The van der Waals surface area contributed by atoms with Crippen LogP contribution >= 0.6 is 0 Å². The van der Waals surface area contributed by atoms with Gasteiger partial charge in [-0.25, -0.2) is 0 Å². The molecule has 0 unspecified atom stereocenters. The van der Waals surface area contributed by atoms with Crippen molar-refractivity contribution in [2.24, 2.45) is 5.92 Å². The van der Waals surface area contributed by atoms with Crippen molar-refractivity contribution in [2.75, 3.05) is 23.7 Å². The number of benzene rings is 3. The van der Waals surface area contributed by atoms with E-state index >= 15 is 0 Å². The molecule has 0 aliphatic carbocycles. The maximum absolute atomic E-state index is 13.1. The van der Waals surface area contributed by atoms with E-state index in [9.17, 15) is 14.4 Å². The van der Waals surface area contributed by atoms with E-state index in [1.165, 1.54) is 0 Å². The van der Waals surface area contributed by atoms with Crippen molar-refractivity contribution in [1.82, 2.24) is 4.90 Å². The van der Waals surface area contributed by atoms with Crippen molar-refractivity contribution >= 4 is 34.8 Å². The smallest absolute Gasteiger partial charge is 0.257 e. The fraction of sp³-hybridized carbons (Fsp3) is 0.188. The molecule has 1 heterocycles. The maximum atomic E-state index is 13.1. The van der Waals surface area contributed by atoms with Gasteiger partial charge in [0.25, 0.3) is 11.8 Å². The highest BCUT2D eigenvalue weighted by Gasteiger charge is 2.24. The summed E-state index contributed by atoms with van der Waals surface area (Å²) in [6.07, 6.45) is 12.4. The second-order valence-electron chi connectivity index (χ2n) is 9.33. The number of amides is 2.